The van der Waals surface area contributed by atoms with Crippen molar-refractivity contribution < 1.29 is 19.0 Å². The molecule has 0 saturated carbocycles. The third kappa shape index (κ3) is 6.83. The first-order valence-corrected chi connectivity index (χ1v) is 10.0. The molecule has 6 nitrogen and oxygen atoms in total. The topological polar surface area (TPSA) is 60.0 Å². The van der Waals surface area contributed by atoms with Crippen LogP contribution in [0.1, 0.15) is 50.4 Å². The fourth-order valence-electron chi connectivity index (χ4n) is 3.46. The van der Waals surface area contributed by atoms with Crippen LogP contribution in [0.15, 0.2) is 18.2 Å². The molecule has 28 heavy (non-hydrogen) atoms. The van der Waals surface area contributed by atoms with E-state index in [0.29, 0.717) is 36.9 Å². The van der Waals surface area contributed by atoms with Gasteiger partial charge in [-0.15, -0.1) is 12.4 Å². The van der Waals surface area contributed by atoms with Crippen LogP contribution in [0.3, 0.4) is 0 Å². The number of halogens is 1. The summed E-state index contributed by atoms with van der Waals surface area (Å²) in [7, 11) is 1.67. The Morgan fingerprint density at radius 3 is 2.64 bits per heavy atom. The number of piperidine rings is 1. The van der Waals surface area contributed by atoms with Gasteiger partial charge in [-0.3, -0.25) is 4.79 Å². The van der Waals surface area contributed by atoms with Gasteiger partial charge in [0, 0.05) is 44.3 Å². The molecule has 7 heteroatoms. The lowest BCUT2D eigenvalue weighted by molar-refractivity contribution is 0.0573. The minimum absolute atomic E-state index is 0. The van der Waals surface area contributed by atoms with Crippen molar-refractivity contribution in [2.24, 2.45) is 0 Å². The van der Waals surface area contributed by atoms with Crippen molar-refractivity contribution >= 4 is 18.3 Å². The Hall–Kier alpha value is -1.50. The van der Waals surface area contributed by atoms with Crippen molar-refractivity contribution in [2.45, 2.75) is 52.1 Å². The van der Waals surface area contributed by atoms with Crippen LogP contribution in [0.2, 0.25) is 0 Å². The fourth-order valence-corrected chi connectivity index (χ4v) is 3.46. The van der Waals surface area contributed by atoms with Crippen LogP contribution < -0.4 is 14.8 Å². The number of rotatable bonds is 10. The number of ether oxygens (including phenoxy) is 3. The first-order chi connectivity index (χ1) is 13.1. The minimum Gasteiger partial charge on any atom is -0.490 e. The number of amides is 1. The van der Waals surface area contributed by atoms with E-state index in [1.807, 2.05) is 30.0 Å². The minimum atomic E-state index is 0. The Balaban J connectivity index is 0.00000392. The molecule has 1 amide bonds. The van der Waals surface area contributed by atoms with Gasteiger partial charge in [-0.25, -0.2) is 0 Å². The molecule has 0 bridgehead atoms. The van der Waals surface area contributed by atoms with Crippen LogP contribution in [0.25, 0.3) is 0 Å². The average molecular weight is 415 g/mol. The third-order valence-electron chi connectivity index (χ3n) is 4.70. The Bertz CT molecular complexity index is 592. The first kappa shape index (κ1) is 24.5. The molecule has 0 aromatic heterocycles. The van der Waals surface area contributed by atoms with Crippen LogP contribution in [0, 0.1) is 0 Å². The second-order valence-corrected chi connectivity index (χ2v) is 7.10. The molecule has 0 aliphatic carbocycles. The third-order valence-corrected chi connectivity index (χ3v) is 4.70. The van der Waals surface area contributed by atoms with Crippen LogP contribution in [0.4, 0.5) is 0 Å². The van der Waals surface area contributed by atoms with E-state index in [0.717, 1.165) is 32.4 Å². The summed E-state index contributed by atoms with van der Waals surface area (Å²) >= 11 is 0. The van der Waals surface area contributed by atoms with E-state index in [-0.39, 0.29) is 30.4 Å². The zero-order chi connectivity index (χ0) is 19.6. The van der Waals surface area contributed by atoms with E-state index < -0.39 is 0 Å². The summed E-state index contributed by atoms with van der Waals surface area (Å²) in [6, 6.07) is 5.84. The normalized spacial score (nSPS) is 16.4. The molecule has 0 spiro atoms. The predicted molar refractivity (Wildman–Crippen MR) is 114 cm³/mol. The number of methoxy groups -OCH3 is 1. The van der Waals surface area contributed by atoms with Crippen LogP contribution in [-0.2, 0) is 4.74 Å². The number of hydrogen-bond acceptors (Lipinski definition) is 5. The Labute approximate surface area is 175 Å². The van der Waals surface area contributed by atoms with Crippen LogP contribution in [-0.4, -0.2) is 62.9 Å². The van der Waals surface area contributed by atoms with Gasteiger partial charge >= 0.3 is 0 Å². The van der Waals surface area contributed by atoms with Gasteiger partial charge in [0.05, 0.1) is 13.2 Å². The molecule has 0 unspecified atom stereocenters. The maximum atomic E-state index is 13.3. The number of carbonyl (C=O) groups is 1. The highest BCUT2D eigenvalue weighted by atomic mass is 35.5. The molecule has 1 atom stereocenters. The molecule has 1 saturated heterocycles. The highest BCUT2D eigenvalue weighted by Crippen LogP contribution is 2.30. The zero-order valence-electron chi connectivity index (χ0n) is 17.5. The molecule has 1 aliphatic rings. The van der Waals surface area contributed by atoms with E-state index >= 15 is 0 Å². The molecule has 1 fully saturated rings. The van der Waals surface area contributed by atoms with Crippen molar-refractivity contribution in [3.63, 3.8) is 0 Å². The molecule has 1 aromatic rings. The molecule has 1 aliphatic heterocycles. The summed E-state index contributed by atoms with van der Waals surface area (Å²) < 4.78 is 16.6. The first-order valence-electron chi connectivity index (χ1n) is 10.0. The SMILES string of the molecule is CCOc1ccc(C(=O)N(C(C)C)[C@@H]2CCCNC2)cc1OCCCOC.Cl. The van der Waals surface area contributed by atoms with Crippen molar-refractivity contribution in [2.75, 3.05) is 40.0 Å². The Kier molecular flexibility index (Phi) is 11.3. The van der Waals surface area contributed by atoms with E-state index in [2.05, 4.69) is 19.2 Å². The van der Waals surface area contributed by atoms with Gasteiger partial charge in [0.1, 0.15) is 0 Å². The monoisotopic (exact) mass is 414 g/mol. The molecule has 2 rings (SSSR count). The van der Waals surface area contributed by atoms with Gasteiger partial charge < -0.3 is 24.4 Å². The second kappa shape index (κ2) is 12.9. The largest absolute Gasteiger partial charge is 0.490 e. The van der Waals surface area contributed by atoms with Gasteiger partial charge in [-0.1, -0.05) is 0 Å². The van der Waals surface area contributed by atoms with Crippen molar-refractivity contribution in [3.8, 4) is 11.5 Å². The van der Waals surface area contributed by atoms with E-state index in [9.17, 15) is 4.79 Å². The molecule has 0 radical (unpaired) electrons. The summed E-state index contributed by atoms with van der Waals surface area (Å²) in [5.74, 6) is 1.33. The molecule has 1 aromatic carbocycles. The molecule has 1 heterocycles. The Morgan fingerprint density at radius 2 is 2.04 bits per heavy atom. The summed E-state index contributed by atoms with van der Waals surface area (Å²) in [6.45, 7) is 9.66. The van der Waals surface area contributed by atoms with Crippen LogP contribution in [0.5, 0.6) is 11.5 Å². The molecular weight excluding hydrogens is 380 g/mol. The Morgan fingerprint density at radius 1 is 1.25 bits per heavy atom. The van der Waals surface area contributed by atoms with E-state index in [1.54, 1.807) is 7.11 Å². The smallest absolute Gasteiger partial charge is 0.254 e. The van der Waals surface area contributed by atoms with Gasteiger partial charge in [0.15, 0.2) is 11.5 Å². The lowest BCUT2D eigenvalue weighted by Gasteiger charge is -2.37. The summed E-state index contributed by atoms with van der Waals surface area (Å²) in [4.78, 5) is 15.3. The highest BCUT2D eigenvalue weighted by molar-refractivity contribution is 5.95. The summed E-state index contributed by atoms with van der Waals surface area (Å²) in [5, 5.41) is 3.40. The molecular formula is C21H35ClN2O4. The predicted octanol–water partition coefficient (Wildman–Crippen LogP) is 3.53. The quantitative estimate of drug-likeness (QED) is 0.593. The standard InChI is InChI=1S/C21H34N2O4.ClH/c1-5-26-19-10-9-17(14-20(19)27-13-7-12-25-4)21(24)23(16(2)3)18-8-6-11-22-15-18;/h9-10,14,16,18,22H,5-8,11-13,15H2,1-4H3;1H/t18-;/m1./s1. The summed E-state index contributed by atoms with van der Waals surface area (Å²) in [6.07, 6.45) is 2.92. The number of nitrogens with one attached hydrogen (secondary N) is 1. The van der Waals surface area contributed by atoms with Gasteiger partial charge in [-0.2, -0.15) is 0 Å². The highest BCUT2D eigenvalue weighted by Gasteiger charge is 2.28. The van der Waals surface area contributed by atoms with Crippen molar-refractivity contribution in [1.82, 2.24) is 10.2 Å². The summed E-state index contributed by atoms with van der Waals surface area (Å²) in [5.41, 5.74) is 0.638. The lowest BCUT2D eigenvalue weighted by Crippen LogP contribution is -2.51. The number of benzene rings is 1. The average Bonchev–Trinajstić information content (AvgIpc) is 2.67. The zero-order valence-corrected chi connectivity index (χ0v) is 18.3. The maximum absolute atomic E-state index is 13.3. The van der Waals surface area contributed by atoms with Gasteiger partial charge in [0.2, 0.25) is 0 Å². The van der Waals surface area contributed by atoms with Crippen molar-refractivity contribution in [1.29, 1.82) is 0 Å². The van der Waals surface area contributed by atoms with Gasteiger partial charge in [-0.05, 0) is 58.4 Å². The number of hydrogen-bond donors (Lipinski definition) is 1. The van der Waals surface area contributed by atoms with Gasteiger partial charge in [0.25, 0.3) is 5.91 Å². The maximum Gasteiger partial charge on any atom is 0.254 e. The molecule has 1 N–H and O–H groups in total. The van der Waals surface area contributed by atoms with E-state index in [4.69, 9.17) is 14.2 Å². The lowest BCUT2D eigenvalue weighted by atomic mass is 10.0. The number of carbonyl (C=O) groups excluding carboxylic acids is 1. The van der Waals surface area contributed by atoms with Crippen LogP contribution >= 0.6 is 12.4 Å². The van der Waals surface area contributed by atoms with E-state index in [1.165, 1.54) is 0 Å². The van der Waals surface area contributed by atoms with Crippen molar-refractivity contribution in [3.05, 3.63) is 23.8 Å². The molecule has 160 valence electrons. The fraction of sp³-hybridized carbons (Fsp3) is 0.667. The second-order valence-electron chi connectivity index (χ2n) is 7.10. The number of nitrogens with zero attached hydrogens (tertiary/aromatic N) is 1.